The molecule has 0 bridgehead atoms. The van der Waals surface area contributed by atoms with Gasteiger partial charge < -0.3 is 9.84 Å². The normalized spacial score (nSPS) is 10.8. The van der Waals surface area contributed by atoms with Crippen molar-refractivity contribution in [1.29, 1.82) is 0 Å². The molecule has 1 amide bonds. The van der Waals surface area contributed by atoms with Crippen LogP contribution in [-0.2, 0) is 11.2 Å². The van der Waals surface area contributed by atoms with Crippen LogP contribution < -0.4 is 5.32 Å². The molecule has 0 aliphatic rings. The van der Waals surface area contributed by atoms with Gasteiger partial charge in [-0.2, -0.15) is 4.98 Å². The second-order valence-corrected chi connectivity index (χ2v) is 7.25. The summed E-state index contributed by atoms with van der Waals surface area (Å²) in [5.74, 6) is 1.41. The van der Waals surface area contributed by atoms with Gasteiger partial charge in [-0.15, -0.1) is 0 Å². The molecule has 2 aromatic heterocycles. The molecule has 0 saturated carbocycles. The van der Waals surface area contributed by atoms with E-state index < -0.39 is 0 Å². The lowest BCUT2D eigenvalue weighted by Crippen LogP contribution is -2.15. The highest BCUT2D eigenvalue weighted by Crippen LogP contribution is 2.23. The smallest absolute Gasteiger partial charge is 0.259 e. The number of hydrogen-bond acceptors (Lipinski definition) is 6. The molecule has 0 aliphatic heterocycles. The predicted molar refractivity (Wildman–Crippen MR) is 107 cm³/mol. The molecule has 1 N–H and O–H groups in total. The number of hydrogen-bond donors (Lipinski definition) is 1. The summed E-state index contributed by atoms with van der Waals surface area (Å²) < 4.78 is 5.26. The molecule has 0 unspecified atom stereocenters. The van der Waals surface area contributed by atoms with Crippen LogP contribution in [0, 0.1) is 13.8 Å². The second-order valence-electron chi connectivity index (χ2n) is 6.25. The number of aryl methyl sites for hydroxylation is 3. The summed E-state index contributed by atoms with van der Waals surface area (Å²) in [5, 5.41) is 7.69. The Balaban J connectivity index is 1.57. The number of carbonyl (C=O) groups excluding carboxylic acids is 1. The highest BCUT2D eigenvalue weighted by atomic mass is 32.2. The van der Waals surface area contributed by atoms with Crippen molar-refractivity contribution in [2.75, 3.05) is 11.1 Å². The van der Waals surface area contributed by atoms with E-state index in [1.165, 1.54) is 11.8 Å². The number of carbonyl (C=O) groups is 1. The fourth-order valence-electron chi connectivity index (χ4n) is 2.62. The van der Waals surface area contributed by atoms with Gasteiger partial charge >= 0.3 is 0 Å². The zero-order valence-corrected chi connectivity index (χ0v) is 16.5. The Morgan fingerprint density at radius 3 is 2.63 bits per heavy atom. The molecular formula is C20H22N4O2S. The van der Waals surface area contributed by atoms with Crippen LogP contribution >= 0.6 is 11.8 Å². The van der Waals surface area contributed by atoms with Gasteiger partial charge in [0.15, 0.2) is 5.82 Å². The molecule has 3 aromatic rings. The first-order valence-electron chi connectivity index (χ1n) is 8.84. The van der Waals surface area contributed by atoms with Crippen molar-refractivity contribution in [3.8, 4) is 11.5 Å². The fraction of sp³-hybridized carbons (Fsp3) is 0.300. The molecule has 3 rings (SSSR count). The van der Waals surface area contributed by atoms with Gasteiger partial charge in [-0.1, -0.05) is 42.0 Å². The maximum atomic E-state index is 12.2. The van der Waals surface area contributed by atoms with E-state index in [2.05, 4.69) is 27.4 Å². The highest BCUT2D eigenvalue weighted by Gasteiger charge is 2.11. The number of benzene rings is 1. The predicted octanol–water partition coefficient (Wildman–Crippen LogP) is 4.43. The van der Waals surface area contributed by atoms with Crippen LogP contribution in [0.2, 0.25) is 0 Å². The molecule has 140 valence electrons. The van der Waals surface area contributed by atoms with Crippen molar-refractivity contribution < 1.29 is 9.32 Å². The van der Waals surface area contributed by atoms with Crippen LogP contribution in [0.5, 0.6) is 0 Å². The third kappa shape index (κ3) is 4.95. The minimum Gasteiger partial charge on any atom is -0.334 e. The van der Waals surface area contributed by atoms with Gasteiger partial charge in [0.1, 0.15) is 0 Å². The van der Waals surface area contributed by atoms with E-state index in [0.29, 0.717) is 17.5 Å². The summed E-state index contributed by atoms with van der Waals surface area (Å²) in [4.78, 5) is 21.0. The first-order valence-corrected chi connectivity index (χ1v) is 9.83. The van der Waals surface area contributed by atoms with E-state index in [4.69, 9.17) is 4.52 Å². The number of rotatable bonds is 7. The van der Waals surface area contributed by atoms with Crippen molar-refractivity contribution in [3.63, 3.8) is 0 Å². The summed E-state index contributed by atoms with van der Waals surface area (Å²) in [7, 11) is 0. The molecule has 2 heterocycles. The molecule has 0 saturated heterocycles. The number of thioether (sulfide) groups is 1. The van der Waals surface area contributed by atoms with Crippen LogP contribution in [0.4, 0.5) is 5.69 Å². The van der Waals surface area contributed by atoms with E-state index in [-0.39, 0.29) is 5.91 Å². The third-order valence-electron chi connectivity index (χ3n) is 4.02. The number of nitrogens with one attached hydrogen (secondary N) is 1. The lowest BCUT2D eigenvalue weighted by Gasteiger charge is -2.11. The average molecular weight is 382 g/mol. The largest absolute Gasteiger partial charge is 0.334 e. The molecule has 0 fully saturated rings. The molecule has 0 radical (unpaired) electrons. The number of pyridine rings is 1. The van der Waals surface area contributed by atoms with Gasteiger partial charge in [0.05, 0.1) is 16.3 Å². The van der Waals surface area contributed by atoms with Gasteiger partial charge in [0, 0.05) is 18.3 Å². The Hall–Kier alpha value is -2.67. The Morgan fingerprint density at radius 2 is 1.96 bits per heavy atom. The standard InChI is InChI=1S/C20H22N4O2S/c1-4-6-16-22-20(26-24-16)15-9-10-18(21-11-15)27-12-17(25)23-19-13(2)7-5-8-14(19)3/h5,7-11H,4,6,12H2,1-3H3,(H,23,25). The van der Waals surface area contributed by atoms with E-state index in [9.17, 15) is 4.79 Å². The van der Waals surface area contributed by atoms with Crippen LogP contribution in [0.1, 0.15) is 30.3 Å². The Labute approximate surface area is 162 Å². The van der Waals surface area contributed by atoms with Crippen molar-refractivity contribution in [2.45, 2.75) is 38.6 Å². The van der Waals surface area contributed by atoms with Gasteiger partial charge in [-0.3, -0.25) is 4.79 Å². The van der Waals surface area contributed by atoms with Gasteiger partial charge in [0.25, 0.3) is 5.89 Å². The van der Waals surface area contributed by atoms with Crippen LogP contribution in [0.3, 0.4) is 0 Å². The summed E-state index contributed by atoms with van der Waals surface area (Å²) in [6, 6.07) is 9.69. The SMILES string of the molecule is CCCc1noc(-c2ccc(SCC(=O)Nc3c(C)cccc3C)nc2)n1. The lowest BCUT2D eigenvalue weighted by molar-refractivity contribution is -0.113. The van der Waals surface area contributed by atoms with Crippen molar-refractivity contribution in [3.05, 3.63) is 53.5 Å². The quantitative estimate of drug-likeness (QED) is 0.609. The van der Waals surface area contributed by atoms with Gasteiger partial charge in [0.2, 0.25) is 5.91 Å². The first kappa shape index (κ1) is 19.1. The molecule has 0 aliphatic carbocycles. The summed E-state index contributed by atoms with van der Waals surface area (Å²) in [5.41, 5.74) is 3.76. The number of nitrogens with zero attached hydrogens (tertiary/aromatic N) is 3. The molecule has 6 nitrogen and oxygen atoms in total. The summed E-state index contributed by atoms with van der Waals surface area (Å²) in [6.45, 7) is 6.04. The van der Waals surface area contributed by atoms with Crippen molar-refractivity contribution in [2.24, 2.45) is 0 Å². The summed E-state index contributed by atoms with van der Waals surface area (Å²) in [6.07, 6.45) is 3.45. The molecule has 0 atom stereocenters. The maximum absolute atomic E-state index is 12.2. The van der Waals surface area contributed by atoms with Gasteiger partial charge in [-0.25, -0.2) is 4.98 Å². The number of amides is 1. The maximum Gasteiger partial charge on any atom is 0.259 e. The average Bonchev–Trinajstić information content (AvgIpc) is 3.13. The molecule has 1 aromatic carbocycles. The Kier molecular flexibility index (Phi) is 6.24. The Morgan fingerprint density at radius 1 is 1.19 bits per heavy atom. The zero-order chi connectivity index (χ0) is 19.2. The van der Waals surface area contributed by atoms with Crippen LogP contribution in [0.15, 0.2) is 46.1 Å². The van der Waals surface area contributed by atoms with E-state index >= 15 is 0 Å². The van der Waals surface area contributed by atoms with Gasteiger partial charge in [-0.05, 0) is 43.5 Å². The number of aromatic nitrogens is 3. The lowest BCUT2D eigenvalue weighted by atomic mass is 10.1. The first-order chi connectivity index (χ1) is 13.1. The molecule has 7 heteroatoms. The molecular weight excluding hydrogens is 360 g/mol. The zero-order valence-electron chi connectivity index (χ0n) is 15.7. The van der Waals surface area contributed by atoms with E-state index in [0.717, 1.165) is 40.2 Å². The van der Waals surface area contributed by atoms with E-state index in [1.54, 1.807) is 6.20 Å². The molecule has 27 heavy (non-hydrogen) atoms. The Bertz CT molecular complexity index is 902. The number of para-hydroxylation sites is 1. The summed E-state index contributed by atoms with van der Waals surface area (Å²) >= 11 is 1.39. The third-order valence-corrected chi connectivity index (χ3v) is 4.97. The van der Waals surface area contributed by atoms with Crippen molar-refractivity contribution in [1.82, 2.24) is 15.1 Å². The fourth-order valence-corrected chi connectivity index (χ4v) is 3.26. The highest BCUT2D eigenvalue weighted by molar-refractivity contribution is 7.99. The topological polar surface area (TPSA) is 80.9 Å². The van der Waals surface area contributed by atoms with Crippen LogP contribution in [0.25, 0.3) is 11.5 Å². The second kappa shape index (κ2) is 8.81. The number of anilines is 1. The minimum atomic E-state index is -0.0515. The van der Waals surface area contributed by atoms with Crippen LogP contribution in [-0.4, -0.2) is 26.8 Å². The molecule has 0 spiro atoms. The monoisotopic (exact) mass is 382 g/mol. The minimum absolute atomic E-state index is 0.0515. The van der Waals surface area contributed by atoms with E-state index in [1.807, 2.05) is 44.2 Å². The van der Waals surface area contributed by atoms with Crippen molar-refractivity contribution >= 4 is 23.4 Å².